The SMILES string of the molecule is Cc1cc(C)c(S(=O)(=O)NC(Cc2ccccc2)C(=O)Nc2cccc(Br)c2)c(C)c1. The molecule has 0 aliphatic carbocycles. The van der Waals surface area contributed by atoms with Crippen molar-refractivity contribution >= 4 is 37.5 Å². The van der Waals surface area contributed by atoms with Crippen LogP contribution < -0.4 is 10.0 Å². The zero-order chi connectivity index (χ0) is 22.6. The Hall–Kier alpha value is -2.48. The molecule has 5 nitrogen and oxygen atoms in total. The first-order chi connectivity index (χ1) is 14.7. The summed E-state index contributed by atoms with van der Waals surface area (Å²) in [6.45, 7) is 5.46. The second kappa shape index (κ2) is 9.77. The lowest BCUT2D eigenvalue weighted by atomic mass is 10.1. The maximum absolute atomic E-state index is 13.3. The number of carbonyl (C=O) groups excluding carboxylic acids is 1. The summed E-state index contributed by atoms with van der Waals surface area (Å²) in [5.41, 5.74) is 3.73. The topological polar surface area (TPSA) is 75.3 Å². The smallest absolute Gasteiger partial charge is 0.242 e. The Kier molecular flexibility index (Phi) is 7.30. The van der Waals surface area contributed by atoms with Gasteiger partial charge in [-0.2, -0.15) is 4.72 Å². The molecule has 1 atom stereocenters. The molecular formula is C24H25BrN2O3S. The molecule has 0 spiro atoms. The van der Waals surface area contributed by atoms with E-state index in [2.05, 4.69) is 26.0 Å². The van der Waals surface area contributed by atoms with Crippen LogP contribution in [0.25, 0.3) is 0 Å². The minimum absolute atomic E-state index is 0.214. The highest BCUT2D eigenvalue weighted by Crippen LogP contribution is 2.23. The third kappa shape index (κ3) is 6.03. The van der Waals surface area contributed by atoms with Gasteiger partial charge in [-0.15, -0.1) is 0 Å². The largest absolute Gasteiger partial charge is 0.325 e. The molecule has 0 radical (unpaired) electrons. The average molecular weight is 501 g/mol. The van der Waals surface area contributed by atoms with E-state index < -0.39 is 22.0 Å². The monoisotopic (exact) mass is 500 g/mol. The van der Waals surface area contributed by atoms with Crippen molar-refractivity contribution in [1.82, 2.24) is 4.72 Å². The van der Waals surface area contributed by atoms with E-state index in [0.717, 1.165) is 15.6 Å². The van der Waals surface area contributed by atoms with Crippen LogP contribution in [0.15, 0.2) is 76.1 Å². The van der Waals surface area contributed by atoms with Gasteiger partial charge in [0.25, 0.3) is 0 Å². The van der Waals surface area contributed by atoms with Crippen molar-refractivity contribution in [3.63, 3.8) is 0 Å². The lowest BCUT2D eigenvalue weighted by molar-refractivity contribution is -0.117. The molecule has 3 aromatic rings. The minimum atomic E-state index is -3.92. The predicted octanol–water partition coefficient (Wildman–Crippen LogP) is 4.90. The molecular weight excluding hydrogens is 476 g/mol. The molecule has 1 amide bonds. The number of benzene rings is 3. The van der Waals surface area contributed by atoms with Crippen LogP contribution in [0, 0.1) is 20.8 Å². The summed E-state index contributed by atoms with van der Waals surface area (Å²) < 4.78 is 30.1. The highest BCUT2D eigenvalue weighted by molar-refractivity contribution is 9.10. The van der Waals surface area contributed by atoms with Crippen molar-refractivity contribution in [2.75, 3.05) is 5.32 Å². The number of hydrogen-bond acceptors (Lipinski definition) is 3. The Morgan fingerprint density at radius 1 is 0.935 bits per heavy atom. The Bertz CT molecular complexity index is 1170. The first-order valence-electron chi connectivity index (χ1n) is 9.86. The zero-order valence-electron chi connectivity index (χ0n) is 17.6. The van der Waals surface area contributed by atoms with Gasteiger partial charge in [-0.25, -0.2) is 8.42 Å². The number of sulfonamides is 1. The summed E-state index contributed by atoms with van der Waals surface area (Å²) in [6.07, 6.45) is 0.226. The maximum Gasteiger partial charge on any atom is 0.242 e. The molecule has 0 fully saturated rings. The second-order valence-corrected chi connectivity index (χ2v) is 10.2. The van der Waals surface area contributed by atoms with Gasteiger partial charge in [0.2, 0.25) is 15.9 Å². The number of hydrogen-bond donors (Lipinski definition) is 2. The van der Waals surface area contributed by atoms with Gasteiger partial charge in [0.15, 0.2) is 0 Å². The standard InChI is InChI=1S/C24H25BrN2O3S/c1-16-12-17(2)23(18(3)13-16)31(29,30)27-22(14-19-8-5-4-6-9-19)24(28)26-21-11-7-10-20(25)15-21/h4-13,15,22,27H,14H2,1-3H3,(H,26,28). The first-order valence-corrected chi connectivity index (χ1v) is 12.1. The molecule has 0 saturated carbocycles. The first kappa shape index (κ1) is 23.2. The summed E-state index contributed by atoms with van der Waals surface area (Å²) in [7, 11) is -3.92. The molecule has 2 N–H and O–H groups in total. The fraction of sp³-hybridized carbons (Fsp3) is 0.208. The molecule has 0 aliphatic heterocycles. The lowest BCUT2D eigenvalue weighted by Crippen LogP contribution is -2.45. The minimum Gasteiger partial charge on any atom is -0.325 e. The third-order valence-electron chi connectivity index (χ3n) is 4.86. The molecule has 31 heavy (non-hydrogen) atoms. The van der Waals surface area contributed by atoms with Gasteiger partial charge >= 0.3 is 0 Å². The molecule has 0 saturated heterocycles. The average Bonchev–Trinajstić information content (AvgIpc) is 2.67. The van der Waals surface area contributed by atoms with Crippen LogP contribution in [0.3, 0.4) is 0 Å². The quantitative estimate of drug-likeness (QED) is 0.484. The van der Waals surface area contributed by atoms with Gasteiger partial charge in [-0.3, -0.25) is 4.79 Å². The van der Waals surface area contributed by atoms with E-state index in [1.54, 1.807) is 32.0 Å². The van der Waals surface area contributed by atoms with Crippen molar-refractivity contribution in [2.24, 2.45) is 0 Å². The molecule has 162 valence electrons. The van der Waals surface area contributed by atoms with Crippen molar-refractivity contribution in [2.45, 2.75) is 38.1 Å². The van der Waals surface area contributed by atoms with Crippen LogP contribution in [-0.4, -0.2) is 20.4 Å². The van der Waals surface area contributed by atoms with Crippen LogP contribution in [0.1, 0.15) is 22.3 Å². The van der Waals surface area contributed by atoms with E-state index in [-0.39, 0.29) is 11.3 Å². The molecule has 0 aromatic heterocycles. The Labute approximate surface area is 192 Å². The fourth-order valence-corrected chi connectivity index (χ4v) is 5.72. The van der Waals surface area contributed by atoms with E-state index in [9.17, 15) is 13.2 Å². The van der Waals surface area contributed by atoms with Crippen LogP contribution in [0.5, 0.6) is 0 Å². The van der Waals surface area contributed by atoms with E-state index in [1.165, 1.54) is 0 Å². The summed E-state index contributed by atoms with van der Waals surface area (Å²) in [6, 6.07) is 19.2. The molecule has 7 heteroatoms. The maximum atomic E-state index is 13.3. The van der Waals surface area contributed by atoms with Gasteiger partial charge in [0.1, 0.15) is 6.04 Å². The van der Waals surface area contributed by atoms with E-state index in [4.69, 9.17) is 0 Å². The van der Waals surface area contributed by atoms with E-state index >= 15 is 0 Å². The molecule has 0 aliphatic rings. The second-order valence-electron chi connectivity index (χ2n) is 7.59. The van der Waals surface area contributed by atoms with Crippen molar-refractivity contribution in [1.29, 1.82) is 0 Å². The molecule has 3 rings (SSSR count). The molecule has 0 heterocycles. The molecule has 0 bridgehead atoms. The lowest BCUT2D eigenvalue weighted by Gasteiger charge is -2.21. The van der Waals surface area contributed by atoms with Crippen molar-refractivity contribution in [3.05, 3.63) is 93.5 Å². The van der Waals surface area contributed by atoms with Crippen LogP contribution >= 0.6 is 15.9 Å². The summed E-state index contributed by atoms with van der Waals surface area (Å²) in [5, 5.41) is 2.82. The number of halogens is 1. The van der Waals surface area contributed by atoms with Gasteiger partial charge in [0.05, 0.1) is 4.90 Å². The highest BCUT2D eigenvalue weighted by atomic mass is 79.9. The summed E-state index contributed by atoms with van der Waals surface area (Å²) >= 11 is 3.38. The van der Waals surface area contributed by atoms with E-state index in [1.807, 2.05) is 55.5 Å². The van der Waals surface area contributed by atoms with Crippen LogP contribution in [0.2, 0.25) is 0 Å². The van der Waals surface area contributed by atoms with Crippen molar-refractivity contribution < 1.29 is 13.2 Å². The van der Waals surface area contributed by atoms with Gasteiger partial charge in [-0.05, 0) is 62.1 Å². The van der Waals surface area contributed by atoms with Gasteiger partial charge in [-0.1, -0.05) is 70.0 Å². The number of amides is 1. The predicted molar refractivity (Wildman–Crippen MR) is 128 cm³/mol. The van der Waals surface area contributed by atoms with Crippen LogP contribution in [0.4, 0.5) is 5.69 Å². The summed E-state index contributed by atoms with van der Waals surface area (Å²) in [5.74, 6) is -0.423. The Morgan fingerprint density at radius 2 is 1.58 bits per heavy atom. The highest BCUT2D eigenvalue weighted by Gasteiger charge is 2.28. The number of nitrogens with one attached hydrogen (secondary N) is 2. The number of anilines is 1. The number of aryl methyl sites for hydroxylation is 3. The summed E-state index contributed by atoms with van der Waals surface area (Å²) in [4.78, 5) is 13.3. The fourth-order valence-electron chi connectivity index (χ4n) is 3.67. The Balaban J connectivity index is 1.93. The molecule has 1 unspecified atom stereocenters. The molecule has 3 aromatic carbocycles. The van der Waals surface area contributed by atoms with Crippen molar-refractivity contribution in [3.8, 4) is 0 Å². The Morgan fingerprint density at radius 3 is 2.19 bits per heavy atom. The van der Waals surface area contributed by atoms with Crippen LogP contribution in [-0.2, 0) is 21.2 Å². The number of carbonyl (C=O) groups is 1. The van der Waals surface area contributed by atoms with Gasteiger partial charge in [0, 0.05) is 10.2 Å². The van der Waals surface area contributed by atoms with Gasteiger partial charge < -0.3 is 5.32 Å². The zero-order valence-corrected chi connectivity index (χ0v) is 20.0. The van der Waals surface area contributed by atoms with E-state index in [0.29, 0.717) is 16.8 Å². The normalized spacial score (nSPS) is 12.4. The number of rotatable bonds is 7. The third-order valence-corrected chi connectivity index (χ3v) is 7.13.